The molecule has 0 aliphatic heterocycles. The third-order valence-electron chi connectivity index (χ3n) is 3.78. The van der Waals surface area contributed by atoms with Crippen LogP contribution in [0.15, 0.2) is 88.1 Å². The number of amidine groups is 1. The SMILES string of the molecule is NN=NC(=Nc1ccccc1F)c1ccccc1-c1ccccc1C=O. The molecule has 0 fully saturated rings. The number of aldehydes is 1. The average Bonchev–Trinajstić information content (AvgIpc) is 2.69. The van der Waals surface area contributed by atoms with Crippen molar-refractivity contribution in [2.45, 2.75) is 0 Å². The Morgan fingerprint density at radius 3 is 2.27 bits per heavy atom. The maximum Gasteiger partial charge on any atom is 0.184 e. The summed E-state index contributed by atoms with van der Waals surface area (Å²) >= 11 is 0. The average molecular weight is 346 g/mol. The van der Waals surface area contributed by atoms with Crippen molar-refractivity contribution < 1.29 is 9.18 Å². The van der Waals surface area contributed by atoms with Gasteiger partial charge in [0.1, 0.15) is 11.5 Å². The highest BCUT2D eigenvalue weighted by Crippen LogP contribution is 2.28. The fourth-order valence-electron chi connectivity index (χ4n) is 2.61. The van der Waals surface area contributed by atoms with E-state index in [2.05, 4.69) is 15.3 Å². The van der Waals surface area contributed by atoms with E-state index >= 15 is 0 Å². The molecule has 0 saturated heterocycles. The van der Waals surface area contributed by atoms with E-state index in [1.807, 2.05) is 24.3 Å². The summed E-state index contributed by atoms with van der Waals surface area (Å²) in [6.07, 6.45) is 0.782. The minimum absolute atomic E-state index is 0.119. The topological polar surface area (TPSA) is 80.2 Å². The van der Waals surface area contributed by atoms with E-state index < -0.39 is 5.82 Å². The molecule has 0 saturated carbocycles. The molecular weight excluding hydrogens is 331 g/mol. The van der Waals surface area contributed by atoms with E-state index in [0.717, 1.165) is 11.8 Å². The predicted molar refractivity (Wildman–Crippen MR) is 98.9 cm³/mol. The molecule has 0 atom stereocenters. The van der Waals surface area contributed by atoms with Crippen LogP contribution in [0.1, 0.15) is 15.9 Å². The monoisotopic (exact) mass is 346 g/mol. The predicted octanol–water partition coefficient (Wildman–Crippen LogP) is 4.71. The summed E-state index contributed by atoms with van der Waals surface area (Å²) in [7, 11) is 0. The Morgan fingerprint density at radius 1 is 0.885 bits per heavy atom. The largest absolute Gasteiger partial charge is 0.305 e. The fraction of sp³-hybridized carbons (Fsp3) is 0. The highest BCUT2D eigenvalue weighted by molar-refractivity contribution is 6.07. The van der Waals surface area contributed by atoms with E-state index in [0.29, 0.717) is 16.7 Å². The van der Waals surface area contributed by atoms with Crippen molar-refractivity contribution in [1.29, 1.82) is 0 Å². The second-order valence-electron chi connectivity index (χ2n) is 5.35. The van der Waals surface area contributed by atoms with Gasteiger partial charge in [0.05, 0.1) is 0 Å². The van der Waals surface area contributed by atoms with Crippen molar-refractivity contribution in [1.82, 2.24) is 0 Å². The summed E-state index contributed by atoms with van der Waals surface area (Å²) in [6, 6.07) is 20.5. The number of nitrogens with two attached hydrogens (primary N) is 1. The van der Waals surface area contributed by atoms with Crippen molar-refractivity contribution >= 4 is 17.8 Å². The molecule has 3 aromatic carbocycles. The van der Waals surface area contributed by atoms with Gasteiger partial charge in [-0.1, -0.05) is 65.9 Å². The Kier molecular flexibility index (Phi) is 5.24. The Labute approximate surface area is 149 Å². The second-order valence-corrected chi connectivity index (χ2v) is 5.35. The number of benzene rings is 3. The van der Waals surface area contributed by atoms with Crippen molar-refractivity contribution in [2.24, 2.45) is 21.2 Å². The molecule has 0 aliphatic rings. The van der Waals surface area contributed by atoms with Crippen LogP contribution in [0.4, 0.5) is 10.1 Å². The van der Waals surface area contributed by atoms with Gasteiger partial charge in [-0.3, -0.25) is 4.79 Å². The Hall–Kier alpha value is -3.67. The van der Waals surface area contributed by atoms with Gasteiger partial charge in [-0.05, 0) is 23.3 Å². The van der Waals surface area contributed by atoms with Crippen LogP contribution < -0.4 is 5.84 Å². The number of aliphatic imine (C=N–C) groups is 1. The lowest BCUT2D eigenvalue weighted by atomic mass is 9.95. The fourth-order valence-corrected chi connectivity index (χ4v) is 2.61. The van der Waals surface area contributed by atoms with E-state index in [4.69, 9.17) is 5.84 Å². The number of nitrogens with zero attached hydrogens (tertiary/aromatic N) is 3. The van der Waals surface area contributed by atoms with E-state index in [1.54, 1.807) is 36.4 Å². The molecule has 0 spiro atoms. The summed E-state index contributed by atoms with van der Waals surface area (Å²) < 4.78 is 14.0. The first-order valence-electron chi connectivity index (χ1n) is 7.82. The molecule has 0 aromatic heterocycles. The van der Waals surface area contributed by atoms with E-state index in [-0.39, 0.29) is 11.5 Å². The molecule has 0 bridgehead atoms. The van der Waals surface area contributed by atoms with Gasteiger partial charge in [-0.25, -0.2) is 9.38 Å². The Morgan fingerprint density at radius 2 is 1.54 bits per heavy atom. The van der Waals surface area contributed by atoms with Gasteiger partial charge < -0.3 is 5.84 Å². The molecule has 0 aliphatic carbocycles. The van der Waals surface area contributed by atoms with Crippen LogP contribution in [0.3, 0.4) is 0 Å². The molecule has 2 N–H and O–H groups in total. The van der Waals surface area contributed by atoms with Crippen molar-refractivity contribution in [3.05, 3.63) is 89.7 Å². The number of halogens is 1. The molecule has 0 unspecified atom stereocenters. The molecular formula is C20H15FN4O. The van der Waals surface area contributed by atoms with Crippen LogP contribution in [0, 0.1) is 5.82 Å². The number of carbonyl (C=O) groups is 1. The lowest BCUT2D eigenvalue weighted by Gasteiger charge is -2.11. The minimum atomic E-state index is -0.483. The molecule has 0 heterocycles. The molecule has 6 heteroatoms. The number of para-hydroxylation sites is 1. The quantitative estimate of drug-likeness (QED) is 0.185. The molecule has 26 heavy (non-hydrogen) atoms. The van der Waals surface area contributed by atoms with Crippen molar-refractivity contribution in [2.75, 3.05) is 0 Å². The lowest BCUT2D eigenvalue weighted by molar-refractivity contribution is 0.112. The first-order valence-corrected chi connectivity index (χ1v) is 7.82. The standard InChI is InChI=1S/C20H15FN4O/c21-18-11-5-6-12-19(18)23-20(24-25-22)17-10-4-3-9-16(17)15-8-2-1-7-14(15)13-26/h1-13H,(H2,22,23,24). The number of rotatable bonds is 4. The zero-order valence-corrected chi connectivity index (χ0v) is 13.7. The van der Waals surface area contributed by atoms with E-state index in [9.17, 15) is 9.18 Å². The second kappa shape index (κ2) is 7.94. The Bertz CT molecular complexity index is 998. The summed E-state index contributed by atoms with van der Waals surface area (Å²) in [5.74, 6) is 4.89. The number of hydrogen-bond donors (Lipinski definition) is 1. The number of carbonyl (C=O) groups excluding carboxylic acids is 1. The third-order valence-corrected chi connectivity index (χ3v) is 3.78. The van der Waals surface area contributed by atoms with Crippen LogP contribution in [-0.2, 0) is 0 Å². The highest BCUT2D eigenvalue weighted by Gasteiger charge is 2.14. The molecule has 0 radical (unpaired) electrons. The van der Waals surface area contributed by atoms with Crippen LogP contribution in [-0.4, -0.2) is 12.1 Å². The van der Waals surface area contributed by atoms with Gasteiger partial charge >= 0.3 is 0 Å². The zero-order chi connectivity index (χ0) is 18.4. The maximum atomic E-state index is 14.0. The van der Waals surface area contributed by atoms with Gasteiger partial charge in [-0.15, -0.1) is 5.11 Å². The highest BCUT2D eigenvalue weighted by atomic mass is 19.1. The van der Waals surface area contributed by atoms with Gasteiger partial charge in [-0.2, -0.15) is 0 Å². The van der Waals surface area contributed by atoms with Gasteiger partial charge in [0.2, 0.25) is 0 Å². The molecule has 128 valence electrons. The zero-order valence-electron chi connectivity index (χ0n) is 13.7. The normalized spacial score (nSPS) is 11.7. The smallest absolute Gasteiger partial charge is 0.184 e. The summed E-state index contributed by atoms with van der Waals surface area (Å²) in [5, 5.41) is 7.19. The molecule has 3 rings (SSSR count). The van der Waals surface area contributed by atoms with Crippen molar-refractivity contribution in [3.63, 3.8) is 0 Å². The van der Waals surface area contributed by atoms with Crippen LogP contribution >= 0.6 is 0 Å². The molecule has 3 aromatic rings. The van der Waals surface area contributed by atoms with Crippen molar-refractivity contribution in [3.8, 4) is 11.1 Å². The first kappa shape index (κ1) is 17.2. The summed E-state index contributed by atoms with van der Waals surface area (Å²) in [6.45, 7) is 0. The van der Waals surface area contributed by atoms with Crippen LogP contribution in [0.25, 0.3) is 11.1 Å². The summed E-state index contributed by atoms with van der Waals surface area (Å²) in [5.41, 5.74) is 2.66. The maximum absolute atomic E-state index is 14.0. The third kappa shape index (κ3) is 3.54. The lowest BCUT2D eigenvalue weighted by Crippen LogP contribution is -2.02. The minimum Gasteiger partial charge on any atom is -0.305 e. The first-order chi connectivity index (χ1) is 12.7. The molecule has 5 nitrogen and oxygen atoms in total. The van der Waals surface area contributed by atoms with Crippen LogP contribution in [0.2, 0.25) is 0 Å². The van der Waals surface area contributed by atoms with Gasteiger partial charge in [0, 0.05) is 11.1 Å². The number of hydrogen-bond acceptors (Lipinski definition) is 3. The summed E-state index contributed by atoms with van der Waals surface area (Å²) in [4.78, 5) is 15.7. The molecule has 0 amide bonds. The van der Waals surface area contributed by atoms with Gasteiger partial charge in [0.25, 0.3) is 0 Å². The Balaban J connectivity index is 2.22. The van der Waals surface area contributed by atoms with E-state index in [1.165, 1.54) is 12.1 Å². The van der Waals surface area contributed by atoms with Gasteiger partial charge in [0.15, 0.2) is 12.1 Å². The van der Waals surface area contributed by atoms with Crippen LogP contribution in [0.5, 0.6) is 0 Å².